The number of halogens is 1. The molecule has 24 nitrogen and oxygen atoms in total. The fourth-order valence-corrected chi connectivity index (χ4v) is 12.6. The van der Waals surface area contributed by atoms with Gasteiger partial charge in [-0.1, -0.05) is 44.5 Å². The third kappa shape index (κ3) is 16.5. The predicted molar refractivity (Wildman–Crippen MR) is 310 cm³/mol. The number of methoxy groups -OCH3 is 1. The molecule has 4 aliphatic rings. The van der Waals surface area contributed by atoms with Crippen molar-refractivity contribution >= 4 is 51.8 Å². The van der Waals surface area contributed by atoms with Crippen LogP contribution in [-0.2, 0) is 52.2 Å². The van der Waals surface area contributed by atoms with Crippen molar-refractivity contribution < 1.29 is 87.8 Å². The van der Waals surface area contributed by atoms with E-state index in [9.17, 15) is 49.9 Å². The lowest BCUT2D eigenvalue weighted by atomic mass is 9.73. The summed E-state index contributed by atoms with van der Waals surface area (Å²) in [6, 6.07) is 3.03. The van der Waals surface area contributed by atoms with E-state index in [1.165, 1.54) is 27.2 Å². The Morgan fingerprint density at radius 2 is 1.57 bits per heavy atom. The third-order valence-electron chi connectivity index (χ3n) is 17.3. The number of fused-ring (bicyclic) bond motifs is 1. The van der Waals surface area contributed by atoms with Gasteiger partial charge >= 0.3 is 17.9 Å². The fraction of sp³-hybridized carbons (Fsp3) is 0.780. The van der Waals surface area contributed by atoms with E-state index in [1.807, 2.05) is 30.5 Å². The SMILES string of the molecule is CC[C@H]1OC(=O)[C@H](C)[C@@H](O[C@H]2C[C@@](C)(OC)[C@@H](OC(=O)CCNCCOCCOCCNc3cc4c(=O)c(C(=O)O)cn(C5CC5)c4cc3Cl)[C@H](C)O2)[C@H](C)[C@@H](O[C@H]2O[C@@H](C)C[C@@H](N(C)C)[C@@H]2O)[C@](C)(O)C[C@@H](C)/C(=N\O)[C@H](C)[C@@H](O)[C@]1(C)O. The standard InChI is InChI=1S/C59H94ClN5O19/c1-14-44-59(10,74)51(69)33(4)47(63-75)31(2)28-57(8,73)52(84-56-49(68)43(64(11)12)25-32(3)79-56)34(5)50(35(6)55(72)81-44)83-46-29-58(9,76-13)53(36(7)80-46)82-45(66)17-18-61-19-21-77-23-24-78-22-20-62-41-26-38-42(27-40(41)60)65(37-15-16-37)30-39(48(38)67)54(70)71/h26-27,30-37,43-44,46,49-53,56,61-62,68-69,73-75H,14-25,28-29H2,1-13H3,(H,70,71)/b63-47+/t31-,32+,33+,34+,35-,36+,43-,44-,46+,49+,50+,51-,52-,53+,56-,57-,58-,59-/m1/s1. The number of aliphatic hydroxyl groups excluding tert-OH is 2. The maximum Gasteiger partial charge on any atom is 0.341 e. The molecule has 0 spiro atoms. The number of aliphatic hydroxyl groups is 4. The van der Waals surface area contributed by atoms with Crippen molar-refractivity contribution in [3.8, 4) is 0 Å². The molecule has 0 amide bonds. The topological polar surface area (TPSA) is 317 Å². The van der Waals surface area contributed by atoms with Crippen LogP contribution in [0.15, 0.2) is 28.3 Å². The van der Waals surface area contributed by atoms with E-state index >= 15 is 0 Å². The van der Waals surface area contributed by atoms with E-state index in [0.29, 0.717) is 62.2 Å². The summed E-state index contributed by atoms with van der Waals surface area (Å²) in [5.41, 5.74) is -4.76. The Morgan fingerprint density at radius 3 is 2.18 bits per heavy atom. The molecule has 2 aromatic rings. The van der Waals surface area contributed by atoms with Gasteiger partial charge in [-0.25, -0.2) is 4.79 Å². The number of carboxylic acids is 1. The second-order valence-corrected chi connectivity index (χ2v) is 24.8. The van der Waals surface area contributed by atoms with Crippen LogP contribution in [0.1, 0.15) is 131 Å². The lowest BCUT2D eigenvalue weighted by Gasteiger charge is -2.49. The van der Waals surface area contributed by atoms with Crippen LogP contribution in [0.2, 0.25) is 5.02 Å². The molecule has 1 aliphatic carbocycles. The number of hydrogen-bond donors (Lipinski definition) is 8. The van der Waals surface area contributed by atoms with Crippen LogP contribution in [0.4, 0.5) is 5.69 Å². The Morgan fingerprint density at radius 1 is 0.905 bits per heavy atom. The quantitative estimate of drug-likeness (QED) is 0.0323. The van der Waals surface area contributed by atoms with Crippen LogP contribution in [0.5, 0.6) is 0 Å². The van der Waals surface area contributed by atoms with E-state index in [4.69, 9.17) is 54.2 Å². The van der Waals surface area contributed by atoms with Gasteiger partial charge in [-0.05, 0) is 99.9 Å². The second kappa shape index (κ2) is 29.7. The van der Waals surface area contributed by atoms with Crippen molar-refractivity contribution in [2.45, 2.75) is 204 Å². The van der Waals surface area contributed by atoms with Gasteiger partial charge in [-0.3, -0.25) is 14.4 Å². The number of rotatable bonds is 23. The van der Waals surface area contributed by atoms with E-state index in [2.05, 4.69) is 15.8 Å². The number of aromatic carboxylic acids is 1. The molecule has 0 radical (unpaired) electrons. The van der Waals surface area contributed by atoms with Crippen LogP contribution >= 0.6 is 11.6 Å². The molecule has 84 heavy (non-hydrogen) atoms. The maximum atomic E-state index is 14.5. The van der Waals surface area contributed by atoms with Crippen molar-refractivity contribution in [1.29, 1.82) is 0 Å². The number of pyridine rings is 1. The number of nitrogens with zero attached hydrogens (tertiary/aromatic N) is 3. The Kier molecular flexibility index (Phi) is 24.4. The molecule has 25 heteroatoms. The summed E-state index contributed by atoms with van der Waals surface area (Å²) < 4.78 is 57.7. The zero-order valence-corrected chi connectivity index (χ0v) is 51.8. The van der Waals surface area contributed by atoms with Crippen molar-refractivity contribution in [3.63, 3.8) is 0 Å². The summed E-state index contributed by atoms with van der Waals surface area (Å²) in [4.78, 5) is 54.6. The number of carbonyl (C=O) groups excluding carboxylic acids is 2. The zero-order chi connectivity index (χ0) is 62.2. The molecular formula is C59H94ClN5O19. The number of ether oxygens (including phenoxy) is 9. The minimum absolute atomic E-state index is 0.00399. The van der Waals surface area contributed by atoms with Gasteiger partial charge in [0.15, 0.2) is 18.7 Å². The molecule has 0 bridgehead atoms. The summed E-state index contributed by atoms with van der Waals surface area (Å²) in [6.45, 7) is 18.9. The number of carbonyl (C=O) groups is 3. The van der Waals surface area contributed by atoms with Gasteiger partial charge in [-0.2, -0.15) is 0 Å². The van der Waals surface area contributed by atoms with Gasteiger partial charge in [0.1, 0.15) is 29.0 Å². The number of nitrogens with one attached hydrogen (secondary N) is 2. The first-order valence-electron chi connectivity index (χ1n) is 29.5. The minimum atomic E-state index is -2.03. The smallest absolute Gasteiger partial charge is 0.341 e. The van der Waals surface area contributed by atoms with Crippen molar-refractivity contribution in [1.82, 2.24) is 14.8 Å². The summed E-state index contributed by atoms with van der Waals surface area (Å²) in [5.74, 6) is -6.38. The highest BCUT2D eigenvalue weighted by Gasteiger charge is 2.54. The first kappa shape index (κ1) is 69.0. The van der Waals surface area contributed by atoms with E-state index in [1.54, 1.807) is 60.6 Å². The lowest BCUT2D eigenvalue weighted by molar-refractivity contribution is -0.318. The van der Waals surface area contributed by atoms with E-state index in [-0.39, 0.29) is 67.1 Å². The van der Waals surface area contributed by atoms with Crippen molar-refractivity contribution in [3.05, 3.63) is 39.1 Å². The Bertz CT molecular complexity index is 2620. The average molecular weight is 1210 g/mol. The highest BCUT2D eigenvalue weighted by atomic mass is 35.5. The normalized spacial score (nSPS) is 36.1. The number of oxime groups is 1. The number of esters is 2. The maximum absolute atomic E-state index is 14.5. The monoisotopic (exact) mass is 1210 g/mol. The summed E-state index contributed by atoms with van der Waals surface area (Å²) in [7, 11) is 5.16. The summed E-state index contributed by atoms with van der Waals surface area (Å²) in [6.07, 6.45) is -7.19. The third-order valence-corrected chi connectivity index (χ3v) is 17.7. The molecule has 1 aromatic heterocycles. The van der Waals surface area contributed by atoms with Gasteiger partial charge in [0.05, 0.1) is 96.8 Å². The number of cyclic esters (lactones) is 1. The highest BCUT2D eigenvalue weighted by molar-refractivity contribution is 6.34. The average Bonchev–Trinajstić information content (AvgIpc) is 2.78. The number of likely N-dealkylation sites (N-methyl/N-ethyl adjacent to an activating group) is 1. The molecule has 4 fully saturated rings. The van der Waals surface area contributed by atoms with Crippen LogP contribution in [-0.4, -0.2) is 215 Å². The van der Waals surface area contributed by atoms with Crippen molar-refractivity contribution in [2.75, 3.05) is 72.6 Å². The second-order valence-electron chi connectivity index (χ2n) is 24.4. The van der Waals surface area contributed by atoms with Crippen LogP contribution in [0.25, 0.3) is 10.9 Å². The Labute approximate surface area is 497 Å². The Balaban J connectivity index is 1.05. The van der Waals surface area contributed by atoms with Gasteiger partial charge in [0.25, 0.3) is 0 Å². The number of hydrogen-bond acceptors (Lipinski definition) is 22. The first-order chi connectivity index (χ1) is 39.5. The largest absolute Gasteiger partial charge is 0.477 e. The van der Waals surface area contributed by atoms with Gasteiger partial charge in [0.2, 0.25) is 5.43 Å². The highest BCUT2D eigenvalue weighted by Crippen LogP contribution is 2.43. The van der Waals surface area contributed by atoms with Gasteiger partial charge < -0.3 is 93.5 Å². The van der Waals surface area contributed by atoms with Gasteiger partial charge in [0, 0.05) is 74.6 Å². The minimum Gasteiger partial charge on any atom is -0.477 e. The Hall–Kier alpha value is -4.12. The van der Waals surface area contributed by atoms with E-state index in [0.717, 1.165) is 12.8 Å². The van der Waals surface area contributed by atoms with Crippen molar-refractivity contribution in [2.24, 2.45) is 28.8 Å². The molecule has 0 unspecified atom stereocenters. The van der Waals surface area contributed by atoms with Gasteiger partial charge in [-0.15, -0.1) is 0 Å². The zero-order valence-electron chi connectivity index (χ0n) is 51.1. The summed E-state index contributed by atoms with van der Waals surface area (Å²) in [5, 5.41) is 78.7. The van der Waals surface area contributed by atoms with E-state index < -0.39 is 119 Å². The number of anilines is 1. The molecular weight excluding hydrogens is 1120 g/mol. The number of benzene rings is 1. The molecule has 4 heterocycles. The molecule has 8 N–H and O–H groups in total. The molecule has 1 saturated carbocycles. The van der Waals surface area contributed by atoms with Crippen LogP contribution in [0.3, 0.4) is 0 Å². The molecule has 3 aliphatic heterocycles. The molecule has 18 atom stereocenters. The lowest BCUT2D eigenvalue weighted by Crippen LogP contribution is -2.61. The fourth-order valence-electron chi connectivity index (χ4n) is 12.4. The molecule has 476 valence electrons. The first-order valence-corrected chi connectivity index (χ1v) is 29.9. The number of aromatic nitrogens is 1. The molecule has 3 saturated heterocycles. The molecule has 1 aromatic carbocycles. The predicted octanol–water partition coefficient (Wildman–Crippen LogP) is 4.72. The van der Waals surface area contributed by atoms with Crippen LogP contribution in [0, 0.1) is 23.7 Å². The summed E-state index contributed by atoms with van der Waals surface area (Å²) >= 11 is 6.57. The van der Waals surface area contributed by atoms with Crippen LogP contribution < -0.4 is 16.1 Å². The molecule has 6 rings (SSSR count). The number of carboxylic acid groups (broad SMARTS) is 1.